The van der Waals surface area contributed by atoms with Gasteiger partial charge in [-0.3, -0.25) is 9.59 Å². The standard InChI is InChI=1S/C22H27F3N4O4/c1-32-8-9-33-13-19(30)29-12-18(20(27)31)21(14-29)4-6-28(7-5-21)16-3-2-15(11-26)17(10-16)22(23,24)25/h2-3,10,18H,4-9,12-14H2,1H3,(H2,27,31). The largest absolute Gasteiger partial charge is 0.417 e. The highest BCUT2D eigenvalue weighted by atomic mass is 19.4. The van der Waals surface area contributed by atoms with Crippen molar-refractivity contribution in [2.45, 2.75) is 19.0 Å². The van der Waals surface area contributed by atoms with Crippen LogP contribution in [-0.2, 0) is 25.2 Å². The maximum absolute atomic E-state index is 13.3. The van der Waals surface area contributed by atoms with Gasteiger partial charge in [-0.1, -0.05) is 0 Å². The maximum atomic E-state index is 13.3. The molecule has 2 saturated heterocycles. The van der Waals surface area contributed by atoms with E-state index in [9.17, 15) is 22.8 Å². The number of carbonyl (C=O) groups is 2. The van der Waals surface area contributed by atoms with Gasteiger partial charge in [0.05, 0.1) is 36.3 Å². The lowest BCUT2D eigenvalue weighted by molar-refractivity contribution is -0.138. The second-order valence-electron chi connectivity index (χ2n) is 8.46. The molecule has 1 unspecified atom stereocenters. The monoisotopic (exact) mass is 468 g/mol. The molecule has 1 aromatic carbocycles. The Hall–Kier alpha value is -2.84. The van der Waals surface area contributed by atoms with Crippen LogP contribution in [0.4, 0.5) is 18.9 Å². The van der Waals surface area contributed by atoms with E-state index >= 15 is 0 Å². The van der Waals surface area contributed by atoms with E-state index in [1.165, 1.54) is 19.2 Å². The number of anilines is 1. The van der Waals surface area contributed by atoms with E-state index in [-0.39, 0.29) is 25.7 Å². The normalized spacial score (nSPS) is 20.2. The van der Waals surface area contributed by atoms with Crippen LogP contribution in [0, 0.1) is 22.7 Å². The van der Waals surface area contributed by atoms with Gasteiger partial charge >= 0.3 is 6.18 Å². The van der Waals surface area contributed by atoms with E-state index in [0.717, 1.165) is 6.07 Å². The highest BCUT2D eigenvalue weighted by Crippen LogP contribution is 2.46. The average Bonchev–Trinajstić information content (AvgIpc) is 3.15. The third-order valence-electron chi connectivity index (χ3n) is 6.55. The molecule has 0 aliphatic carbocycles. The number of nitriles is 1. The molecule has 1 atom stereocenters. The van der Waals surface area contributed by atoms with E-state index in [1.54, 1.807) is 15.9 Å². The van der Waals surface area contributed by atoms with Gasteiger partial charge in [0.1, 0.15) is 6.61 Å². The topological polar surface area (TPSA) is 109 Å². The number of hydrogen-bond donors (Lipinski definition) is 1. The number of rotatable bonds is 7. The summed E-state index contributed by atoms with van der Waals surface area (Å²) in [4.78, 5) is 28.1. The first-order valence-electron chi connectivity index (χ1n) is 10.6. The summed E-state index contributed by atoms with van der Waals surface area (Å²) in [6.07, 6.45) is -3.64. The number of hydrogen-bond acceptors (Lipinski definition) is 6. The summed E-state index contributed by atoms with van der Waals surface area (Å²) < 4.78 is 50.2. The first-order chi connectivity index (χ1) is 15.6. The molecule has 2 aliphatic heterocycles. The number of halogens is 3. The highest BCUT2D eigenvalue weighted by Gasteiger charge is 2.51. The highest BCUT2D eigenvalue weighted by molar-refractivity contribution is 5.82. The second kappa shape index (κ2) is 9.97. The van der Waals surface area contributed by atoms with E-state index in [0.29, 0.717) is 44.8 Å². The molecular weight excluding hydrogens is 441 g/mol. The molecule has 0 bridgehead atoms. The van der Waals surface area contributed by atoms with E-state index in [1.807, 2.05) is 0 Å². The Bertz CT molecular complexity index is 923. The van der Waals surface area contributed by atoms with Crippen molar-refractivity contribution in [3.8, 4) is 6.07 Å². The molecule has 33 heavy (non-hydrogen) atoms. The minimum atomic E-state index is -4.63. The summed E-state index contributed by atoms with van der Waals surface area (Å²) in [5.41, 5.74) is 4.10. The molecule has 180 valence electrons. The molecule has 0 saturated carbocycles. The number of piperidine rings is 1. The molecule has 0 radical (unpaired) electrons. The Balaban J connectivity index is 1.70. The number of benzene rings is 1. The van der Waals surface area contributed by atoms with Crippen molar-refractivity contribution in [1.29, 1.82) is 5.26 Å². The number of primary amides is 1. The fourth-order valence-electron chi connectivity index (χ4n) is 4.72. The fourth-order valence-corrected chi connectivity index (χ4v) is 4.72. The molecule has 1 spiro atoms. The van der Waals surface area contributed by atoms with Gasteiger partial charge in [-0.2, -0.15) is 18.4 Å². The van der Waals surface area contributed by atoms with Gasteiger partial charge in [0.15, 0.2) is 0 Å². The molecule has 3 rings (SSSR count). The summed E-state index contributed by atoms with van der Waals surface area (Å²) in [7, 11) is 1.53. The quantitative estimate of drug-likeness (QED) is 0.611. The van der Waals surface area contributed by atoms with Crippen LogP contribution in [0.5, 0.6) is 0 Å². The Morgan fingerprint density at radius 1 is 1.27 bits per heavy atom. The Labute approximate surface area is 190 Å². The number of nitrogens with two attached hydrogens (primary N) is 1. The molecule has 11 heteroatoms. The lowest BCUT2D eigenvalue weighted by atomic mass is 9.70. The van der Waals surface area contributed by atoms with Crippen molar-refractivity contribution in [1.82, 2.24) is 4.90 Å². The molecular formula is C22H27F3N4O4. The third-order valence-corrected chi connectivity index (χ3v) is 6.55. The molecule has 2 amide bonds. The van der Waals surface area contributed by atoms with Crippen LogP contribution in [0.2, 0.25) is 0 Å². The van der Waals surface area contributed by atoms with Crippen molar-refractivity contribution in [3.63, 3.8) is 0 Å². The van der Waals surface area contributed by atoms with Crippen LogP contribution in [0.25, 0.3) is 0 Å². The number of amides is 2. The summed E-state index contributed by atoms with van der Waals surface area (Å²) in [6, 6.07) is 5.25. The molecule has 8 nitrogen and oxygen atoms in total. The number of alkyl halides is 3. The summed E-state index contributed by atoms with van der Waals surface area (Å²) in [6.45, 7) is 1.88. The summed E-state index contributed by atoms with van der Waals surface area (Å²) in [5, 5.41) is 9.00. The Kier molecular flexibility index (Phi) is 7.49. The molecule has 1 aromatic rings. The fraction of sp³-hybridized carbons (Fsp3) is 0.591. The number of methoxy groups -OCH3 is 1. The summed E-state index contributed by atoms with van der Waals surface area (Å²) in [5.74, 6) is -1.26. The lowest BCUT2D eigenvalue weighted by Gasteiger charge is -2.42. The molecule has 0 aromatic heterocycles. The predicted octanol–water partition coefficient (Wildman–Crippen LogP) is 1.77. The lowest BCUT2D eigenvalue weighted by Crippen LogP contribution is -2.47. The predicted molar refractivity (Wildman–Crippen MR) is 112 cm³/mol. The first-order valence-corrected chi connectivity index (χ1v) is 10.6. The van der Waals surface area contributed by atoms with Gasteiger partial charge in [-0.15, -0.1) is 0 Å². The maximum Gasteiger partial charge on any atom is 0.417 e. The number of likely N-dealkylation sites (tertiary alicyclic amines) is 1. The van der Waals surface area contributed by atoms with Gasteiger partial charge in [0.25, 0.3) is 0 Å². The summed E-state index contributed by atoms with van der Waals surface area (Å²) >= 11 is 0. The van der Waals surface area contributed by atoms with Crippen molar-refractivity contribution < 1.29 is 32.2 Å². The van der Waals surface area contributed by atoms with Crippen LogP contribution in [0.3, 0.4) is 0 Å². The van der Waals surface area contributed by atoms with Gasteiger partial charge in [0, 0.05) is 44.4 Å². The SMILES string of the molecule is COCCOCC(=O)N1CC(C(N)=O)C2(CCN(c3ccc(C#N)c(C(F)(F)F)c3)CC2)C1. The zero-order valence-corrected chi connectivity index (χ0v) is 18.4. The van der Waals surface area contributed by atoms with Crippen LogP contribution in [0.1, 0.15) is 24.0 Å². The molecule has 2 heterocycles. The second-order valence-corrected chi connectivity index (χ2v) is 8.46. The van der Waals surface area contributed by atoms with E-state index in [4.69, 9.17) is 20.5 Å². The Morgan fingerprint density at radius 2 is 1.97 bits per heavy atom. The van der Waals surface area contributed by atoms with Crippen molar-refractivity contribution >= 4 is 17.5 Å². The van der Waals surface area contributed by atoms with E-state index in [2.05, 4.69) is 0 Å². The van der Waals surface area contributed by atoms with Crippen LogP contribution in [0.15, 0.2) is 18.2 Å². The number of carbonyl (C=O) groups excluding carboxylic acids is 2. The van der Waals surface area contributed by atoms with Gasteiger partial charge in [-0.25, -0.2) is 0 Å². The van der Waals surface area contributed by atoms with Gasteiger partial charge in [0.2, 0.25) is 11.8 Å². The number of ether oxygens (including phenoxy) is 2. The minimum absolute atomic E-state index is 0.123. The van der Waals surface area contributed by atoms with Crippen LogP contribution >= 0.6 is 0 Å². The Morgan fingerprint density at radius 3 is 2.55 bits per heavy atom. The zero-order valence-electron chi connectivity index (χ0n) is 18.4. The van der Waals surface area contributed by atoms with Crippen LogP contribution in [-0.4, -0.2) is 69.8 Å². The average molecular weight is 468 g/mol. The minimum Gasteiger partial charge on any atom is -0.382 e. The van der Waals surface area contributed by atoms with Crippen molar-refractivity contribution in [2.75, 3.05) is 58.0 Å². The van der Waals surface area contributed by atoms with Gasteiger partial charge < -0.3 is 25.0 Å². The van der Waals surface area contributed by atoms with Crippen LogP contribution < -0.4 is 10.6 Å². The third kappa shape index (κ3) is 5.39. The molecule has 2 fully saturated rings. The van der Waals surface area contributed by atoms with Crippen molar-refractivity contribution in [3.05, 3.63) is 29.3 Å². The smallest absolute Gasteiger partial charge is 0.382 e. The first kappa shape index (κ1) is 24.8. The number of nitrogens with zero attached hydrogens (tertiary/aromatic N) is 3. The van der Waals surface area contributed by atoms with Crippen molar-refractivity contribution in [2.24, 2.45) is 17.1 Å². The molecule has 2 N–H and O–H groups in total. The van der Waals surface area contributed by atoms with E-state index < -0.39 is 34.5 Å². The zero-order chi connectivity index (χ0) is 24.2. The van der Waals surface area contributed by atoms with Gasteiger partial charge in [-0.05, 0) is 31.0 Å². The molecule has 2 aliphatic rings.